The lowest BCUT2D eigenvalue weighted by Gasteiger charge is -2.35. The van der Waals surface area contributed by atoms with Gasteiger partial charge in [0.2, 0.25) is 0 Å². The number of aryl methyl sites for hydroxylation is 1. The van der Waals surface area contributed by atoms with Gasteiger partial charge in [-0.2, -0.15) is 0 Å². The molecule has 35 heavy (non-hydrogen) atoms. The number of anilines is 1. The molecule has 1 amide bonds. The Morgan fingerprint density at radius 3 is 2.34 bits per heavy atom. The summed E-state index contributed by atoms with van der Waals surface area (Å²) in [6, 6.07) is 20.6. The molecule has 0 spiro atoms. The summed E-state index contributed by atoms with van der Waals surface area (Å²) >= 11 is 0. The van der Waals surface area contributed by atoms with Crippen LogP contribution in [0, 0.1) is 0 Å². The van der Waals surface area contributed by atoms with Crippen molar-refractivity contribution in [3.63, 3.8) is 0 Å². The number of ketones is 1. The van der Waals surface area contributed by atoms with Crippen molar-refractivity contribution >= 4 is 23.1 Å². The van der Waals surface area contributed by atoms with Gasteiger partial charge in [0.25, 0.3) is 5.91 Å². The second-order valence-electron chi connectivity index (χ2n) is 9.61. The first-order valence-corrected chi connectivity index (χ1v) is 12.0. The number of rotatable bonds is 7. The first kappa shape index (κ1) is 24.3. The van der Waals surface area contributed by atoms with Crippen LogP contribution in [0.15, 0.2) is 72.8 Å². The molecule has 1 aliphatic rings. The molecule has 0 aliphatic carbocycles. The molecule has 1 aliphatic heterocycles. The second-order valence-corrected chi connectivity index (χ2v) is 9.61. The third kappa shape index (κ3) is 5.80. The Labute approximate surface area is 207 Å². The highest BCUT2D eigenvalue weighted by Gasteiger charge is 2.28. The maximum Gasteiger partial charge on any atom is 0.255 e. The van der Waals surface area contributed by atoms with Crippen LogP contribution < -0.4 is 15.4 Å². The second kappa shape index (κ2) is 10.2. The van der Waals surface area contributed by atoms with Crippen LogP contribution in [0.1, 0.15) is 64.6 Å². The molecule has 0 aromatic heterocycles. The van der Waals surface area contributed by atoms with Gasteiger partial charge < -0.3 is 15.4 Å². The lowest BCUT2D eigenvalue weighted by Crippen LogP contribution is -2.43. The molecule has 2 N–H and O–H groups in total. The van der Waals surface area contributed by atoms with Gasteiger partial charge in [-0.3, -0.25) is 9.59 Å². The summed E-state index contributed by atoms with van der Waals surface area (Å²) in [6.07, 6.45) is 4.57. The highest BCUT2D eigenvalue weighted by Crippen LogP contribution is 2.32. The van der Waals surface area contributed by atoms with E-state index in [4.69, 9.17) is 4.74 Å². The summed E-state index contributed by atoms with van der Waals surface area (Å²) in [4.78, 5) is 25.7. The molecule has 0 saturated heterocycles. The maximum absolute atomic E-state index is 13.1. The van der Waals surface area contributed by atoms with Crippen molar-refractivity contribution in [3.8, 4) is 5.75 Å². The Morgan fingerprint density at radius 2 is 1.69 bits per heavy atom. The molecule has 4 rings (SSSR count). The molecule has 1 heterocycles. The summed E-state index contributed by atoms with van der Waals surface area (Å²) in [6.45, 7) is 6.37. The van der Waals surface area contributed by atoms with E-state index in [9.17, 15) is 9.59 Å². The summed E-state index contributed by atoms with van der Waals surface area (Å²) in [7, 11) is 1.64. The van der Waals surface area contributed by atoms with Gasteiger partial charge in [0.05, 0.1) is 7.11 Å². The van der Waals surface area contributed by atoms with Gasteiger partial charge in [-0.25, -0.2) is 0 Å². The average Bonchev–Trinajstić information content (AvgIpc) is 2.84. The number of carbonyl (C=O) groups excluding carboxylic acids is 2. The first-order chi connectivity index (χ1) is 16.8. The van der Waals surface area contributed by atoms with Crippen LogP contribution in [0.3, 0.4) is 0 Å². The van der Waals surface area contributed by atoms with E-state index in [1.165, 1.54) is 11.1 Å². The van der Waals surface area contributed by atoms with Crippen molar-refractivity contribution in [1.82, 2.24) is 5.32 Å². The lowest BCUT2D eigenvalue weighted by molar-refractivity contribution is 0.102. The fourth-order valence-corrected chi connectivity index (χ4v) is 4.40. The van der Waals surface area contributed by atoms with Crippen molar-refractivity contribution < 1.29 is 14.3 Å². The number of allylic oxidation sites excluding steroid dienone is 1. The van der Waals surface area contributed by atoms with Gasteiger partial charge in [0.1, 0.15) is 5.75 Å². The predicted octanol–water partition coefficient (Wildman–Crippen LogP) is 6.05. The number of hydrogen-bond donors (Lipinski definition) is 2. The highest BCUT2D eigenvalue weighted by molar-refractivity contribution is 6.09. The highest BCUT2D eigenvalue weighted by atomic mass is 16.5. The van der Waals surface area contributed by atoms with Gasteiger partial charge in [-0.05, 0) is 86.3 Å². The lowest BCUT2D eigenvalue weighted by atomic mass is 9.85. The van der Waals surface area contributed by atoms with E-state index in [1.54, 1.807) is 37.5 Å². The van der Waals surface area contributed by atoms with Crippen molar-refractivity contribution in [2.24, 2.45) is 0 Å². The Morgan fingerprint density at radius 1 is 1.00 bits per heavy atom. The van der Waals surface area contributed by atoms with Crippen LogP contribution in [-0.2, 0) is 12.8 Å². The molecular formula is C30H32N2O3. The van der Waals surface area contributed by atoms with Crippen LogP contribution in [-0.4, -0.2) is 24.3 Å². The van der Waals surface area contributed by atoms with Crippen molar-refractivity contribution in [1.29, 1.82) is 0 Å². The van der Waals surface area contributed by atoms with Crippen molar-refractivity contribution in [2.45, 2.75) is 45.6 Å². The largest absolute Gasteiger partial charge is 0.497 e. The summed E-state index contributed by atoms with van der Waals surface area (Å²) < 4.78 is 5.39. The number of fused-ring (bicyclic) bond motifs is 1. The van der Waals surface area contributed by atoms with E-state index >= 15 is 0 Å². The van der Waals surface area contributed by atoms with E-state index in [2.05, 4.69) is 37.5 Å². The molecule has 0 fully saturated rings. The van der Waals surface area contributed by atoms with Crippen LogP contribution in [0.4, 0.5) is 5.69 Å². The minimum atomic E-state index is -0.173. The number of amides is 1. The molecule has 0 radical (unpaired) electrons. The monoisotopic (exact) mass is 468 g/mol. The molecule has 5 nitrogen and oxygen atoms in total. The Kier molecular flexibility index (Phi) is 7.06. The number of carbonyl (C=O) groups is 2. The SMILES string of the molecule is CCCc1ccc(C(=O)Nc2ccc(C(=O)/C=C3\NC(C)(C)Cc4ccc(OC)cc43)cc2)cc1. The topological polar surface area (TPSA) is 67.4 Å². The third-order valence-electron chi connectivity index (χ3n) is 6.17. The molecule has 0 atom stereocenters. The van der Waals surface area contributed by atoms with Gasteiger partial charge in [0, 0.05) is 39.7 Å². The zero-order valence-corrected chi connectivity index (χ0v) is 20.8. The zero-order valence-electron chi connectivity index (χ0n) is 20.8. The number of nitrogens with one attached hydrogen (secondary N) is 2. The molecular weight excluding hydrogens is 436 g/mol. The molecule has 3 aromatic rings. The first-order valence-electron chi connectivity index (χ1n) is 12.0. The number of hydrogen-bond acceptors (Lipinski definition) is 4. The molecule has 0 unspecified atom stereocenters. The molecule has 5 heteroatoms. The quantitative estimate of drug-likeness (QED) is 0.327. The fourth-order valence-electron chi connectivity index (χ4n) is 4.40. The Balaban J connectivity index is 1.50. The number of ether oxygens (including phenoxy) is 1. The number of benzene rings is 3. The number of methoxy groups -OCH3 is 1. The van der Waals surface area contributed by atoms with Crippen molar-refractivity contribution in [2.75, 3.05) is 12.4 Å². The van der Waals surface area contributed by atoms with Gasteiger partial charge in [-0.1, -0.05) is 31.5 Å². The van der Waals surface area contributed by atoms with E-state index in [-0.39, 0.29) is 17.2 Å². The normalized spacial score (nSPS) is 15.1. The molecule has 0 bridgehead atoms. The predicted molar refractivity (Wildman–Crippen MR) is 141 cm³/mol. The summed E-state index contributed by atoms with van der Waals surface area (Å²) in [5.41, 5.74) is 5.78. The van der Waals surface area contributed by atoms with E-state index in [0.717, 1.165) is 36.3 Å². The molecule has 180 valence electrons. The maximum atomic E-state index is 13.1. The van der Waals surface area contributed by atoms with Crippen LogP contribution in [0.25, 0.3) is 5.70 Å². The fraction of sp³-hybridized carbons (Fsp3) is 0.267. The Bertz CT molecular complexity index is 1260. The van der Waals surface area contributed by atoms with Crippen LogP contribution in [0.2, 0.25) is 0 Å². The van der Waals surface area contributed by atoms with E-state index in [0.29, 0.717) is 16.8 Å². The minimum Gasteiger partial charge on any atom is -0.497 e. The standard InChI is InChI=1S/C30H32N2O3/c1-5-6-20-7-9-22(10-8-20)29(34)31-24-14-11-21(12-15-24)28(33)18-27-26-17-25(35-4)16-13-23(26)19-30(2,3)32-27/h7-18,32H,5-6,19H2,1-4H3,(H,31,34)/b27-18-. The minimum absolute atomic E-state index is 0.108. The Hall–Kier alpha value is -3.86. The molecule has 0 saturated carbocycles. The smallest absolute Gasteiger partial charge is 0.255 e. The van der Waals surface area contributed by atoms with Gasteiger partial charge in [0.15, 0.2) is 5.78 Å². The van der Waals surface area contributed by atoms with E-state index < -0.39 is 0 Å². The summed E-state index contributed by atoms with van der Waals surface area (Å²) in [5.74, 6) is 0.473. The molecule has 3 aromatic carbocycles. The van der Waals surface area contributed by atoms with Crippen LogP contribution in [0.5, 0.6) is 5.75 Å². The zero-order chi connectivity index (χ0) is 25.0. The van der Waals surface area contributed by atoms with Gasteiger partial charge >= 0.3 is 0 Å². The van der Waals surface area contributed by atoms with Crippen LogP contribution >= 0.6 is 0 Å². The van der Waals surface area contributed by atoms with Gasteiger partial charge in [-0.15, -0.1) is 0 Å². The summed E-state index contributed by atoms with van der Waals surface area (Å²) in [5, 5.41) is 6.40. The van der Waals surface area contributed by atoms with Crippen molar-refractivity contribution in [3.05, 3.63) is 101 Å². The average molecular weight is 469 g/mol. The third-order valence-corrected chi connectivity index (χ3v) is 6.17. The van der Waals surface area contributed by atoms with E-state index in [1.807, 2.05) is 36.4 Å².